The molecule has 1 unspecified atom stereocenters. The lowest BCUT2D eigenvalue weighted by atomic mass is 9.66. The summed E-state index contributed by atoms with van der Waals surface area (Å²) in [4.78, 5) is 31.9. The Kier molecular flexibility index (Phi) is 6.64. The first-order chi connectivity index (χ1) is 15.7. The number of hydrogen-bond acceptors (Lipinski definition) is 6. The fourth-order valence-electron chi connectivity index (χ4n) is 5.59. The van der Waals surface area contributed by atoms with Gasteiger partial charge in [-0.3, -0.25) is 14.6 Å². The molecular formula is C27H35NO5. The third-order valence-corrected chi connectivity index (χ3v) is 7.16. The standard InChI is InChI=1S/C27H35NO5/c1-16-23(26(30)33-17-9-7-6-8-10-17)24(19-13-18(31-4)11-12-22(19)32-5)25-20(28-16)14-27(2,3)15-21(25)29/h11-13,17,23-24H,6-10,14-15H2,1-5H3/t23?,24-/m1/s1. The molecule has 0 saturated heterocycles. The Hall–Kier alpha value is -2.63. The Morgan fingerprint density at radius 2 is 1.79 bits per heavy atom. The lowest BCUT2D eigenvalue weighted by Crippen LogP contribution is -2.40. The highest BCUT2D eigenvalue weighted by Crippen LogP contribution is 2.50. The first-order valence-electron chi connectivity index (χ1n) is 12.0. The summed E-state index contributed by atoms with van der Waals surface area (Å²) in [6.45, 7) is 6.05. The molecule has 0 spiro atoms. The number of ether oxygens (including phenoxy) is 3. The number of Topliss-reactive ketones (excluding diaryl/α,β-unsaturated/α-hetero) is 1. The molecule has 1 heterocycles. The molecule has 1 aliphatic heterocycles. The Balaban J connectivity index is 1.82. The van der Waals surface area contributed by atoms with E-state index >= 15 is 0 Å². The van der Waals surface area contributed by atoms with Crippen LogP contribution >= 0.6 is 0 Å². The van der Waals surface area contributed by atoms with E-state index in [4.69, 9.17) is 19.2 Å². The van der Waals surface area contributed by atoms with Crippen LogP contribution < -0.4 is 9.47 Å². The van der Waals surface area contributed by atoms with Crippen molar-refractivity contribution >= 4 is 17.5 Å². The van der Waals surface area contributed by atoms with Gasteiger partial charge in [-0.25, -0.2) is 0 Å². The predicted octanol–water partition coefficient (Wildman–Crippen LogP) is 5.40. The van der Waals surface area contributed by atoms with Gasteiger partial charge in [0.1, 0.15) is 23.5 Å². The predicted molar refractivity (Wildman–Crippen MR) is 127 cm³/mol. The molecule has 0 N–H and O–H groups in total. The number of carbonyl (C=O) groups excluding carboxylic acids is 2. The van der Waals surface area contributed by atoms with Crippen molar-refractivity contribution in [3.8, 4) is 11.5 Å². The average Bonchev–Trinajstić information content (AvgIpc) is 2.77. The number of allylic oxidation sites excluding steroid dienone is 2. The van der Waals surface area contributed by atoms with E-state index in [1.165, 1.54) is 6.42 Å². The van der Waals surface area contributed by atoms with Crippen LogP contribution in [0.1, 0.15) is 77.2 Å². The molecule has 6 nitrogen and oxygen atoms in total. The van der Waals surface area contributed by atoms with Gasteiger partial charge in [0.15, 0.2) is 5.78 Å². The monoisotopic (exact) mass is 453 g/mol. The van der Waals surface area contributed by atoms with Gasteiger partial charge in [0, 0.05) is 34.9 Å². The van der Waals surface area contributed by atoms with E-state index in [1.807, 2.05) is 25.1 Å². The normalized spacial score (nSPS) is 25.2. The molecule has 0 amide bonds. The maximum Gasteiger partial charge on any atom is 0.315 e. The average molecular weight is 454 g/mol. The quantitative estimate of drug-likeness (QED) is 0.558. The zero-order valence-electron chi connectivity index (χ0n) is 20.4. The van der Waals surface area contributed by atoms with E-state index in [1.54, 1.807) is 14.2 Å². The summed E-state index contributed by atoms with van der Waals surface area (Å²) >= 11 is 0. The molecular weight excluding hydrogens is 418 g/mol. The summed E-state index contributed by atoms with van der Waals surface area (Å²) in [7, 11) is 3.21. The largest absolute Gasteiger partial charge is 0.497 e. The number of rotatable bonds is 5. The molecule has 178 valence electrons. The van der Waals surface area contributed by atoms with Gasteiger partial charge in [-0.15, -0.1) is 0 Å². The molecule has 6 heteroatoms. The highest BCUT2D eigenvalue weighted by molar-refractivity contribution is 6.09. The minimum atomic E-state index is -0.670. The van der Waals surface area contributed by atoms with Crippen LogP contribution in [0.4, 0.5) is 0 Å². The first-order valence-corrected chi connectivity index (χ1v) is 12.0. The van der Waals surface area contributed by atoms with Crippen LogP contribution in [-0.4, -0.2) is 37.8 Å². The van der Waals surface area contributed by atoms with Crippen molar-refractivity contribution < 1.29 is 23.8 Å². The number of aliphatic imine (C=N–C) groups is 1. The summed E-state index contributed by atoms with van der Waals surface area (Å²) in [5.74, 6) is -0.171. The zero-order valence-corrected chi connectivity index (χ0v) is 20.4. The first kappa shape index (κ1) is 23.5. The molecule has 0 aromatic heterocycles. The van der Waals surface area contributed by atoms with E-state index < -0.39 is 11.8 Å². The minimum absolute atomic E-state index is 0.0443. The van der Waals surface area contributed by atoms with E-state index in [-0.39, 0.29) is 23.3 Å². The number of carbonyl (C=O) groups is 2. The molecule has 3 aliphatic rings. The van der Waals surface area contributed by atoms with Gasteiger partial charge in [0.05, 0.1) is 14.2 Å². The summed E-state index contributed by atoms with van der Waals surface area (Å²) in [5, 5.41) is 0. The van der Waals surface area contributed by atoms with Gasteiger partial charge in [0.2, 0.25) is 0 Å². The van der Waals surface area contributed by atoms with Gasteiger partial charge in [-0.05, 0) is 62.6 Å². The van der Waals surface area contributed by atoms with E-state index in [0.29, 0.717) is 35.6 Å². The van der Waals surface area contributed by atoms with Crippen LogP contribution in [0.2, 0.25) is 0 Å². The Bertz CT molecular complexity index is 1000. The Morgan fingerprint density at radius 3 is 2.45 bits per heavy atom. The van der Waals surface area contributed by atoms with E-state index in [2.05, 4.69) is 13.8 Å². The lowest BCUT2D eigenvalue weighted by Gasteiger charge is -2.39. The number of methoxy groups -OCH3 is 2. The van der Waals surface area contributed by atoms with Crippen LogP contribution in [0.5, 0.6) is 11.5 Å². The highest BCUT2D eigenvalue weighted by atomic mass is 16.5. The summed E-state index contributed by atoms with van der Waals surface area (Å²) in [6.07, 6.45) is 6.17. The molecule has 4 rings (SSSR count). The minimum Gasteiger partial charge on any atom is -0.497 e. The van der Waals surface area contributed by atoms with Gasteiger partial charge >= 0.3 is 5.97 Å². The molecule has 1 aromatic carbocycles. The second-order valence-electron chi connectivity index (χ2n) is 10.3. The number of ketones is 1. The third-order valence-electron chi connectivity index (χ3n) is 7.16. The van der Waals surface area contributed by atoms with Crippen molar-refractivity contribution in [1.29, 1.82) is 0 Å². The van der Waals surface area contributed by atoms with E-state index in [9.17, 15) is 9.59 Å². The van der Waals surface area contributed by atoms with E-state index in [0.717, 1.165) is 36.9 Å². The van der Waals surface area contributed by atoms with Crippen molar-refractivity contribution in [3.05, 3.63) is 35.0 Å². The van der Waals surface area contributed by atoms with Crippen molar-refractivity contribution in [3.63, 3.8) is 0 Å². The van der Waals surface area contributed by atoms with Crippen LogP contribution in [0.3, 0.4) is 0 Å². The van der Waals surface area contributed by atoms with Crippen molar-refractivity contribution in [2.75, 3.05) is 14.2 Å². The second kappa shape index (κ2) is 9.32. The van der Waals surface area contributed by atoms with Crippen molar-refractivity contribution in [2.24, 2.45) is 16.3 Å². The number of nitrogens with zero attached hydrogens (tertiary/aromatic N) is 1. The van der Waals surface area contributed by atoms with Gasteiger partial charge in [-0.2, -0.15) is 0 Å². The molecule has 1 aromatic rings. The van der Waals surface area contributed by atoms with Gasteiger partial charge < -0.3 is 14.2 Å². The molecule has 0 bridgehead atoms. The Morgan fingerprint density at radius 1 is 1.06 bits per heavy atom. The fraction of sp³-hybridized carbons (Fsp3) is 0.593. The maximum atomic E-state index is 13.6. The van der Waals surface area contributed by atoms with Crippen LogP contribution in [-0.2, 0) is 14.3 Å². The topological polar surface area (TPSA) is 74.2 Å². The summed E-state index contributed by atoms with van der Waals surface area (Å²) in [5.41, 5.74) is 2.69. The smallest absolute Gasteiger partial charge is 0.315 e. The molecule has 33 heavy (non-hydrogen) atoms. The number of esters is 1. The van der Waals surface area contributed by atoms with Crippen LogP contribution in [0.25, 0.3) is 0 Å². The number of benzene rings is 1. The van der Waals surface area contributed by atoms with Crippen molar-refractivity contribution in [1.82, 2.24) is 0 Å². The van der Waals surface area contributed by atoms with Crippen molar-refractivity contribution in [2.45, 2.75) is 77.7 Å². The van der Waals surface area contributed by atoms with Crippen LogP contribution in [0.15, 0.2) is 34.5 Å². The molecule has 0 radical (unpaired) electrons. The zero-order chi connectivity index (χ0) is 23.8. The fourth-order valence-corrected chi connectivity index (χ4v) is 5.59. The molecule has 1 saturated carbocycles. The second-order valence-corrected chi connectivity index (χ2v) is 10.3. The molecule has 2 aliphatic carbocycles. The lowest BCUT2D eigenvalue weighted by molar-refractivity contribution is -0.153. The van der Waals surface area contributed by atoms with Crippen LogP contribution in [0, 0.1) is 11.3 Å². The summed E-state index contributed by atoms with van der Waals surface area (Å²) < 4.78 is 17.2. The van der Waals surface area contributed by atoms with Gasteiger partial charge in [-0.1, -0.05) is 20.3 Å². The summed E-state index contributed by atoms with van der Waals surface area (Å²) in [6, 6.07) is 5.53. The molecule has 2 atom stereocenters. The maximum absolute atomic E-state index is 13.6. The molecule has 1 fully saturated rings. The number of hydrogen-bond donors (Lipinski definition) is 0. The Labute approximate surface area is 196 Å². The van der Waals surface area contributed by atoms with Gasteiger partial charge in [0.25, 0.3) is 0 Å². The third kappa shape index (κ3) is 4.71. The SMILES string of the molecule is COc1ccc(OC)c([C@H]2C3=C(CC(C)(C)CC3=O)N=C(C)C2C(=O)OC2CCCCC2)c1. The highest BCUT2D eigenvalue weighted by Gasteiger charge is 2.47.